The molecular weight excluding hydrogens is 222 g/mol. The van der Waals surface area contributed by atoms with Crippen molar-refractivity contribution < 1.29 is 14.3 Å². The Bertz CT molecular complexity index is 595. The zero-order valence-corrected chi connectivity index (χ0v) is 8.57. The third kappa shape index (κ3) is 2.27. The van der Waals surface area contributed by atoms with Gasteiger partial charge in [-0.05, 0) is 17.7 Å². The highest BCUT2D eigenvalue weighted by atomic mass is 16.4. The van der Waals surface area contributed by atoms with E-state index in [4.69, 9.17) is 15.1 Å². The van der Waals surface area contributed by atoms with Gasteiger partial charge in [0.25, 0.3) is 0 Å². The normalized spacial score (nSPS) is 9.65. The van der Waals surface area contributed by atoms with Crippen molar-refractivity contribution in [3.8, 4) is 11.3 Å². The molecule has 1 aromatic heterocycles. The van der Waals surface area contributed by atoms with E-state index >= 15 is 0 Å². The predicted molar refractivity (Wildman–Crippen MR) is 59.9 cm³/mol. The first-order valence-corrected chi connectivity index (χ1v) is 4.69. The number of aromatic carboxylic acids is 1. The molecule has 0 amide bonds. The second-order valence-electron chi connectivity index (χ2n) is 3.21. The highest BCUT2D eigenvalue weighted by Crippen LogP contribution is 2.24. The summed E-state index contributed by atoms with van der Waals surface area (Å²) in [6, 6.07) is 9.59. The molecule has 0 aliphatic carbocycles. The van der Waals surface area contributed by atoms with Crippen LogP contribution < -0.4 is 0 Å². The number of furan rings is 1. The SMILES string of the molecule is [N-]=[N+]=Nc1ccc(-c2ccc(C(=O)O)o2)cc1. The standard InChI is InChI=1S/C11H7N3O3/c12-14-13-8-3-1-7(2-4-8)9-5-6-10(17-9)11(15)16/h1-6H,(H,15,16). The number of carboxylic acid groups (broad SMARTS) is 1. The van der Waals surface area contributed by atoms with Gasteiger partial charge in [-0.1, -0.05) is 29.4 Å². The summed E-state index contributed by atoms with van der Waals surface area (Å²) in [7, 11) is 0. The summed E-state index contributed by atoms with van der Waals surface area (Å²) in [5.41, 5.74) is 9.45. The maximum Gasteiger partial charge on any atom is 0.371 e. The number of carboxylic acids is 1. The Hall–Kier alpha value is -2.72. The molecule has 0 saturated heterocycles. The van der Waals surface area contributed by atoms with Gasteiger partial charge in [0.15, 0.2) is 0 Å². The third-order valence-corrected chi connectivity index (χ3v) is 2.13. The Morgan fingerprint density at radius 3 is 2.47 bits per heavy atom. The summed E-state index contributed by atoms with van der Waals surface area (Å²) < 4.78 is 5.13. The number of carbonyl (C=O) groups is 1. The van der Waals surface area contributed by atoms with Gasteiger partial charge in [-0.3, -0.25) is 0 Å². The molecule has 6 nitrogen and oxygen atoms in total. The number of nitrogens with zero attached hydrogens (tertiary/aromatic N) is 3. The lowest BCUT2D eigenvalue weighted by molar-refractivity contribution is 0.0663. The number of azide groups is 1. The summed E-state index contributed by atoms with van der Waals surface area (Å²) in [6.45, 7) is 0. The van der Waals surface area contributed by atoms with Crippen molar-refractivity contribution in [3.63, 3.8) is 0 Å². The van der Waals surface area contributed by atoms with Gasteiger partial charge in [0.05, 0.1) is 0 Å². The summed E-state index contributed by atoms with van der Waals surface area (Å²) in [5, 5.41) is 12.1. The predicted octanol–water partition coefficient (Wildman–Crippen LogP) is 3.59. The summed E-state index contributed by atoms with van der Waals surface area (Å²) in [6.07, 6.45) is 0. The van der Waals surface area contributed by atoms with Gasteiger partial charge in [-0.2, -0.15) is 0 Å². The van der Waals surface area contributed by atoms with Gasteiger partial charge in [0, 0.05) is 16.2 Å². The van der Waals surface area contributed by atoms with Gasteiger partial charge < -0.3 is 9.52 Å². The molecular formula is C11H7N3O3. The van der Waals surface area contributed by atoms with Crippen molar-refractivity contribution in [2.24, 2.45) is 5.11 Å². The molecule has 1 heterocycles. The lowest BCUT2D eigenvalue weighted by Gasteiger charge is -1.97. The Morgan fingerprint density at radius 2 is 1.94 bits per heavy atom. The van der Waals surface area contributed by atoms with Crippen LogP contribution in [0.1, 0.15) is 10.6 Å². The van der Waals surface area contributed by atoms with E-state index < -0.39 is 5.97 Å². The number of benzene rings is 1. The molecule has 0 saturated carbocycles. The first-order valence-electron chi connectivity index (χ1n) is 4.69. The fraction of sp³-hybridized carbons (Fsp3) is 0. The number of hydrogen-bond donors (Lipinski definition) is 1. The number of hydrogen-bond acceptors (Lipinski definition) is 3. The average molecular weight is 229 g/mol. The highest BCUT2D eigenvalue weighted by molar-refractivity contribution is 5.85. The minimum atomic E-state index is -1.11. The number of rotatable bonds is 3. The molecule has 0 aliphatic heterocycles. The second-order valence-corrected chi connectivity index (χ2v) is 3.21. The van der Waals surface area contributed by atoms with Gasteiger partial charge >= 0.3 is 5.97 Å². The molecule has 0 spiro atoms. The van der Waals surface area contributed by atoms with E-state index in [1.165, 1.54) is 6.07 Å². The molecule has 1 N–H and O–H groups in total. The zero-order valence-electron chi connectivity index (χ0n) is 8.57. The van der Waals surface area contributed by atoms with Crippen LogP contribution in [0.15, 0.2) is 45.9 Å². The van der Waals surface area contributed by atoms with E-state index in [0.717, 1.165) is 5.56 Å². The van der Waals surface area contributed by atoms with Crippen molar-refractivity contribution in [1.29, 1.82) is 0 Å². The minimum Gasteiger partial charge on any atom is -0.475 e. The van der Waals surface area contributed by atoms with Crippen LogP contribution in [-0.2, 0) is 0 Å². The molecule has 0 fully saturated rings. The Kier molecular flexibility index (Phi) is 2.81. The van der Waals surface area contributed by atoms with Crippen LogP contribution in [0.25, 0.3) is 21.8 Å². The van der Waals surface area contributed by atoms with Crippen LogP contribution in [-0.4, -0.2) is 11.1 Å². The second kappa shape index (κ2) is 4.42. The van der Waals surface area contributed by atoms with E-state index in [0.29, 0.717) is 11.4 Å². The quantitative estimate of drug-likeness (QED) is 0.494. The van der Waals surface area contributed by atoms with E-state index in [1.807, 2.05) is 0 Å². The van der Waals surface area contributed by atoms with Crippen LogP contribution in [0, 0.1) is 0 Å². The lowest BCUT2D eigenvalue weighted by atomic mass is 10.1. The van der Waals surface area contributed by atoms with Crippen molar-refractivity contribution in [3.05, 3.63) is 52.6 Å². The van der Waals surface area contributed by atoms with Crippen LogP contribution in [0.5, 0.6) is 0 Å². The monoisotopic (exact) mass is 229 g/mol. The van der Waals surface area contributed by atoms with Crippen molar-refractivity contribution in [2.75, 3.05) is 0 Å². The fourth-order valence-corrected chi connectivity index (χ4v) is 1.35. The first-order chi connectivity index (χ1) is 8.20. The smallest absolute Gasteiger partial charge is 0.371 e. The molecule has 84 valence electrons. The van der Waals surface area contributed by atoms with Crippen molar-refractivity contribution in [2.45, 2.75) is 0 Å². The Balaban J connectivity index is 2.32. The molecule has 0 aliphatic rings. The molecule has 1 aromatic carbocycles. The molecule has 0 radical (unpaired) electrons. The molecule has 0 atom stereocenters. The van der Waals surface area contributed by atoms with Crippen molar-refractivity contribution in [1.82, 2.24) is 0 Å². The molecule has 6 heteroatoms. The first kappa shape index (κ1) is 10.8. The van der Waals surface area contributed by atoms with Crippen LogP contribution in [0.4, 0.5) is 5.69 Å². The van der Waals surface area contributed by atoms with E-state index in [1.54, 1.807) is 30.3 Å². The maximum absolute atomic E-state index is 10.6. The highest BCUT2D eigenvalue weighted by Gasteiger charge is 2.09. The summed E-state index contributed by atoms with van der Waals surface area (Å²) in [5.74, 6) is -0.768. The van der Waals surface area contributed by atoms with Gasteiger partial charge in [0.2, 0.25) is 5.76 Å². The van der Waals surface area contributed by atoms with E-state index in [-0.39, 0.29) is 5.76 Å². The van der Waals surface area contributed by atoms with Gasteiger partial charge in [0.1, 0.15) is 5.76 Å². The van der Waals surface area contributed by atoms with Crippen LogP contribution in [0.3, 0.4) is 0 Å². The van der Waals surface area contributed by atoms with Gasteiger partial charge in [-0.25, -0.2) is 4.79 Å². The molecule has 0 unspecified atom stereocenters. The summed E-state index contributed by atoms with van der Waals surface area (Å²) >= 11 is 0. The Morgan fingerprint density at radius 1 is 1.24 bits per heavy atom. The maximum atomic E-state index is 10.6. The molecule has 2 aromatic rings. The fourth-order valence-electron chi connectivity index (χ4n) is 1.35. The van der Waals surface area contributed by atoms with Crippen molar-refractivity contribution >= 4 is 11.7 Å². The topological polar surface area (TPSA) is 99.2 Å². The molecule has 0 bridgehead atoms. The molecule has 2 rings (SSSR count). The van der Waals surface area contributed by atoms with Crippen LogP contribution >= 0.6 is 0 Å². The van der Waals surface area contributed by atoms with E-state index in [2.05, 4.69) is 10.0 Å². The zero-order chi connectivity index (χ0) is 12.3. The Labute approximate surface area is 95.7 Å². The largest absolute Gasteiger partial charge is 0.475 e. The van der Waals surface area contributed by atoms with E-state index in [9.17, 15) is 4.79 Å². The van der Waals surface area contributed by atoms with Crippen LogP contribution in [0.2, 0.25) is 0 Å². The average Bonchev–Trinajstić information content (AvgIpc) is 2.80. The van der Waals surface area contributed by atoms with Gasteiger partial charge in [-0.15, -0.1) is 0 Å². The molecule has 17 heavy (non-hydrogen) atoms. The summed E-state index contributed by atoms with van der Waals surface area (Å²) in [4.78, 5) is 13.3. The minimum absolute atomic E-state index is 0.112. The third-order valence-electron chi connectivity index (χ3n) is 2.13. The lowest BCUT2D eigenvalue weighted by Crippen LogP contribution is -1.91.